The van der Waals surface area contributed by atoms with Crippen LogP contribution >= 0.6 is 15.9 Å². The second-order valence-corrected chi connectivity index (χ2v) is 6.81. The molecule has 7 heteroatoms. The van der Waals surface area contributed by atoms with E-state index in [0.29, 0.717) is 6.54 Å². The molecule has 0 spiro atoms. The number of carbonyl (C=O) groups is 1. The first kappa shape index (κ1) is 13.5. The van der Waals surface area contributed by atoms with Gasteiger partial charge in [-0.25, -0.2) is 13.1 Å². The Morgan fingerprint density at radius 2 is 2.17 bits per heavy atom. The van der Waals surface area contributed by atoms with Gasteiger partial charge < -0.3 is 5.32 Å². The molecule has 18 heavy (non-hydrogen) atoms. The number of benzene rings is 1. The first-order valence-electron chi connectivity index (χ1n) is 5.44. The minimum Gasteiger partial charge on any atom is -0.354 e. The summed E-state index contributed by atoms with van der Waals surface area (Å²) in [5.41, 5.74) is 0.846. The van der Waals surface area contributed by atoms with Crippen molar-refractivity contribution in [2.24, 2.45) is 0 Å². The molecule has 0 saturated carbocycles. The van der Waals surface area contributed by atoms with Crippen LogP contribution in [0.2, 0.25) is 0 Å². The van der Waals surface area contributed by atoms with Crippen LogP contribution in [0.1, 0.15) is 12.0 Å². The molecule has 5 nitrogen and oxygen atoms in total. The van der Waals surface area contributed by atoms with Crippen molar-refractivity contribution in [3.05, 3.63) is 28.2 Å². The highest BCUT2D eigenvalue weighted by molar-refractivity contribution is 9.10. The predicted molar refractivity (Wildman–Crippen MR) is 70.6 cm³/mol. The summed E-state index contributed by atoms with van der Waals surface area (Å²) in [7, 11) is -3.57. The van der Waals surface area contributed by atoms with Gasteiger partial charge in [-0.05, 0) is 30.7 Å². The molecule has 1 aliphatic rings. The number of sulfonamides is 1. The van der Waals surface area contributed by atoms with Gasteiger partial charge in [-0.1, -0.05) is 15.9 Å². The lowest BCUT2D eigenvalue weighted by Crippen LogP contribution is -2.36. The summed E-state index contributed by atoms with van der Waals surface area (Å²) in [5, 5.41) is 2.59. The molecule has 0 bridgehead atoms. The molecule has 98 valence electrons. The van der Waals surface area contributed by atoms with Gasteiger partial charge in [0.25, 0.3) is 0 Å². The van der Waals surface area contributed by atoms with Gasteiger partial charge in [0, 0.05) is 23.5 Å². The Bertz CT molecular complexity index is 586. The highest BCUT2D eigenvalue weighted by Gasteiger charge is 2.26. The zero-order valence-electron chi connectivity index (χ0n) is 9.73. The van der Waals surface area contributed by atoms with E-state index in [1.165, 1.54) is 6.07 Å². The first-order chi connectivity index (χ1) is 8.38. The number of halogens is 1. The maximum atomic E-state index is 12.1. The molecule has 0 radical (unpaired) electrons. The fraction of sp³-hybridized carbons (Fsp3) is 0.364. The van der Waals surface area contributed by atoms with Crippen LogP contribution in [0.15, 0.2) is 27.6 Å². The summed E-state index contributed by atoms with van der Waals surface area (Å²) < 4.78 is 27.6. The Balaban J connectivity index is 2.20. The number of hydrogen-bond donors (Lipinski definition) is 2. The van der Waals surface area contributed by atoms with E-state index in [1.54, 1.807) is 12.1 Å². The van der Waals surface area contributed by atoms with Crippen molar-refractivity contribution in [3.8, 4) is 0 Å². The molecule has 1 aromatic rings. The average Bonchev–Trinajstić information content (AvgIpc) is 2.67. The van der Waals surface area contributed by atoms with E-state index < -0.39 is 10.0 Å². The van der Waals surface area contributed by atoms with E-state index in [2.05, 4.69) is 26.0 Å². The normalized spacial score (nSPS) is 19.9. The Labute approximate surface area is 114 Å². The van der Waals surface area contributed by atoms with E-state index in [9.17, 15) is 13.2 Å². The molecule has 1 saturated heterocycles. The lowest BCUT2D eigenvalue weighted by atomic mass is 10.2. The summed E-state index contributed by atoms with van der Waals surface area (Å²) in [4.78, 5) is 11.2. The molecule has 0 aliphatic carbocycles. The fourth-order valence-electron chi connectivity index (χ4n) is 1.76. The van der Waals surface area contributed by atoms with Crippen LogP contribution in [0.25, 0.3) is 0 Å². The first-order valence-corrected chi connectivity index (χ1v) is 7.71. The van der Waals surface area contributed by atoms with Crippen molar-refractivity contribution in [2.45, 2.75) is 24.3 Å². The van der Waals surface area contributed by atoms with Crippen molar-refractivity contribution in [3.63, 3.8) is 0 Å². The molecule has 2 N–H and O–H groups in total. The van der Waals surface area contributed by atoms with Gasteiger partial charge in [0.2, 0.25) is 15.9 Å². The largest absolute Gasteiger partial charge is 0.354 e. The molecule has 1 aromatic carbocycles. The van der Waals surface area contributed by atoms with Crippen molar-refractivity contribution >= 4 is 31.9 Å². The van der Waals surface area contributed by atoms with E-state index in [0.717, 1.165) is 10.0 Å². The van der Waals surface area contributed by atoms with Crippen LogP contribution < -0.4 is 10.0 Å². The number of carbonyl (C=O) groups excluding carboxylic acids is 1. The topological polar surface area (TPSA) is 75.3 Å². The number of amides is 1. The second-order valence-electron chi connectivity index (χ2n) is 4.24. The van der Waals surface area contributed by atoms with Gasteiger partial charge in [-0.15, -0.1) is 0 Å². The lowest BCUT2D eigenvalue weighted by Gasteiger charge is -2.12. The Hall–Kier alpha value is -0.920. The molecule has 1 fully saturated rings. The fourth-order valence-corrected chi connectivity index (χ4v) is 3.33. The number of hydrogen-bond acceptors (Lipinski definition) is 3. The minimum absolute atomic E-state index is 0.130. The zero-order valence-corrected chi connectivity index (χ0v) is 12.1. The maximum Gasteiger partial charge on any atom is 0.240 e. The SMILES string of the molecule is Cc1cc(S(=O)(=O)NC2CNC(=O)C2)ccc1Br. The van der Waals surface area contributed by atoms with Gasteiger partial charge in [-0.3, -0.25) is 4.79 Å². The van der Waals surface area contributed by atoms with E-state index in [1.807, 2.05) is 6.92 Å². The molecule has 1 unspecified atom stereocenters. The van der Waals surface area contributed by atoms with Gasteiger partial charge in [0.05, 0.1) is 4.90 Å². The maximum absolute atomic E-state index is 12.1. The van der Waals surface area contributed by atoms with Crippen molar-refractivity contribution in [2.75, 3.05) is 6.54 Å². The van der Waals surface area contributed by atoms with Gasteiger partial charge in [0.15, 0.2) is 0 Å². The molecule has 1 atom stereocenters. The van der Waals surface area contributed by atoms with Crippen molar-refractivity contribution < 1.29 is 13.2 Å². The molecule has 1 amide bonds. The summed E-state index contributed by atoms with van der Waals surface area (Å²) in [6.45, 7) is 2.16. The summed E-state index contributed by atoms with van der Waals surface area (Å²) >= 11 is 3.32. The predicted octanol–water partition coefficient (Wildman–Crippen LogP) is 0.924. The monoisotopic (exact) mass is 332 g/mol. The highest BCUT2D eigenvalue weighted by Crippen LogP contribution is 2.20. The third kappa shape index (κ3) is 2.90. The van der Waals surface area contributed by atoms with E-state index in [4.69, 9.17) is 0 Å². The summed E-state index contributed by atoms with van der Waals surface area (Å²) in [6, 6.07) is 4.45. The number of nitrogens with one attached hydrogen (secondary N) is 2. The Morgan fingerprint density at radius 1 is 1.44 bits per heavy atom. The molecular weight excluding hydrogens is 320 g/mol. The Morgan fingerprint density at radius 3 is 2.72 bits per heavy atom. The van der Waals surface area contributed by atoms with Gasteiger partial charge >= 0.3 is 0 Å². The van der Waals surface area contributed by atoms with Crippen molar-refractivity contribution in [1.82, 2.24) is 10.0 Å². The zero-order chi connectivity index (χ0) is 13.3. The third-order valence-corrected chi connectivity index (χ3v) is 5.15. The lowest BCUT2D eigenvalue weighted by molar-refractivity contribution is -0.119. The van der Waals surface area contributed by atoms with E-state index in [-0.39, 0.29) is 23.3 Å². The van der Waals surface area contributed by atoms with Crippen LogP contribution in [0.5, 0.6) is 0 Å². The Kier molecular flexibility index (Phi) is 3.74. The standard InChI is InChI=1S/C11H13BrN2O3S/c1-7-4-9(2-3-10(7)12)18(16,17)14-8-5-11(15)13-6-8/h2-4,8,14H,5-6H2,1H3,(H,13,15). The summed E-state index contributed by atoms with van der Waals surface area (Å²) in [5.74, 6) is -0.130. The minimum atomic E-state index is -3.57. The molecule has 1 heterocycles. The van der Waals surface area contributed by atoms with Gasteiger partial charge in [0.1, 0.15) is 0 Å². The number of rotatable bonds is 3. The van der Waals surface area contributed by atoms with Crippen LogP contribution in [0.3, 0.4) is 0 Å². The highest BCUT2D eigenvalue weighted by atomic mass is 79.9. The second kappa shape index (κ2) is 4.99. The number of aryl methyl sites for hydroxylation is 1. The molecule has 1 aliphatic heterocycles. The van der Waals surface area contributed by atoms with Gasteiger partial charge in [-0.2, -0.15) is 0 Å². The molecular formula is C11H13BrN2O3S. The third-order valence-electron chi connectivity index (χ3n) is 2.74. The quantitative estimate of drug-likeness (QED) is 0.864. The average molecular weight is 333 g/mol. The van der Waals surface area contributed by atoms with Crippen molar-refractivity contribution in [1.29, 1.82) is 0 Å². The van der Waals surface area contributed by atoms with Crippen LogP contribution in [0.4, 0.5) is 0 Å². The van der Waals surface area contributed by atoms with Crippen LogP contribution in [-0.2, 0) is 14.8 Å². The summed E-state index contributed by atoms with van der Waals surface area (Å²) in [6.07, 6.45) is 0.189. The smallest absolute Gasteiger partial charge is 0.240 e. The van der Waals surface area contributed by atoms with Crippen LogP contribution in [-0.4, -0.2) is 26.9 Å². The van der Waals surface area contributed by atoms with Crippen LogP contribution in [0, 0.1) is 6.92 Å². The van der Waals surface area contributed by atoms with E-state index >= 15 is 0 Å². The molecule has 2 rings (SSSR count). The molecule has 0 aromatic heterocycles.